The molecule has 136 valence electrons. The molecule has 0 aliphatic carbocycles. The molecule has 1 unspecified atom stereocenters. The standard InChI is InChI=1S/C19H21N3O4/c1-13-9-10-18(26-2)14(12-13)20-19(23)17-8-5-11-21(17)15-6-3-4-7-16(15)22(24)25/h3-4,6-7,9-10,12,17H,5,8,11H2,1-2H3,(H,20,23). The Labute approximate surface area is 151 Å². The van der Waals surface area contributed by atoms with E-state index in [9.17, 15) is 14.9 Å². The predicted octanol–water partition coefficient (Wildman–Crippen LogP) is 3.52. The van der Waals surface area contributed by atoms with Gasteiger partial charge in [0.05, 0.1) is 17.7 Å². The minimum Gasteiger partial charge on any atom is -0.495 e. The third kappa shape index (κ3) is 3.46. The fourth-order valence-electron chi connectivity index (χ4n) is 3.32. The van der Waals surface area contributed by atoms with Crippen molar-refractivity contribution in [2.45, 2.75) is 25.8 Å². The van der Waals surface area contributed by atoms with Crippen molar-refractivity contribution < 1.29 is 14.5 Å². The van der Waals surface area contributed by atoms with Crippen LogP contribution in [0.15, 0.2) is 42.5 Å². The van der Waals surface area contributed by atoms with Gasteiger partial charge in [-0.05, 0) is 43.5 Å². The molecule has 0 saturated carbocycles. The van der Waals surface area contributed by atoms with Crippen molar-refractivity contribution in [2.75, 3.05) is 23.9 Å². The third-order valence-corrected chi connectivity index (χ3v) is 4.56. The number of para-hydroxylation sites is 2. The molecule has 0 aromatic heterocycles. The Bertz CT molecular complexity index is 837. The van der Waals surface area contributed by atoms with Crippen molar-refractivity contribution in [3.63, 3.8) is 0 Å². The molecule has 7 heteroatoms. The number of nitrogens with zero attached hydrogens (tertiary/aromatic N) is 2. The Hall–Kier alpha value is -3.09. The van der Waals surface area contributed by atoms with E-state index >= 15 is 0 Å². The number of nitrogens with one attached hydrogen (secondary N) is 1. The molecule has 1 aliphatic rings. The minimum absolute atomic E-state index is 0.0142. The fraction of sp³-hybridized carbons (Fsp3) is 0.316. The van der Waals surface area contributed by atoms with E-state index in [2.05, 4.69) is 5.32 Å². The van der Waals surface area contributed by atoms with Crippen LogP contribution in [-0.4, -0.2) is 30.5 Å². The quantitative estimate of drug-likeness (QED) is 0.655. The van der Waals surface area contributed by atoms with Gasteiger partial charge in [-0.3, -0.25) is 14.9 Å². The number of nitro benzene ring substituents is 1. The fourth-order valence-corrected chi connectivity index (χ4v) is 3.32. The Balaban J connectivity index is 1.86. The highest BCUT2D eigenvalue weighted by Crippen LogP contribution is 2.34. The summed E-state index contributed by atoms with van der Waals surface area (Å²) in [5, 5.41) is 14.2. The number of anilines is 2. The second-order valence-corrected chi connectivity index (χ2v) is 6.29. The molecule has 2 aromatic rings. The van der Waals surface area contributed by atoms with E-state index in [0.717, 1.165) is 12.0 Å². The number of nitro groups is 1. The topological polar surface area (TPSA) is 84.7 Å². The van der Waals surface area contributed by atoms with Gasteiger partial charge in [0, 0.05) is 12.6 Å². The van der Waals surface area contributed by atoms with Crippen LogP contribution >= 0.6 is 0 Å². The lowest BCUT2D eigenvalue weighted by Gasteiger charge is -2.26. The van der Waals surface area contributed by atoms with Crippen LogP contribution in [0.1, 0.15) is 18.4 Å². The summed E-state index contributed by atoms with van der Waals surface area (Å²) >= 11 is 0. The van der Waals surface area contributed by atoms with E-state index in [1.807, 2.05) is 24.0 Å². The van der Waals surface area contributed by atoms with Crippen LogP contribution in [0.5, 0.6) is 5.75 Å². The monoisotopic (exact) mass is 355 g/mol. The SMILES string of the molecule is COc1ccc(C)cc1NC(=O)C1CCCN1c1ccccc1[N+](=O)[O-]. The largest absolute Gasteiger partial charge is 0.495 e. The zero-order valence-electron chi connectivity index (χ0n) is 14.8. The van der Waals surface area contributed by atoms with E-state index in [1.165, 1.54) is 6.07 Å². The van der Waals surface area contributed by atoms with Crippen molar-refractivity contribution in [3.8, 4) is 5.75 Å². The number of carbonyl (C=O) groups excluding carboxylic acids is 1. The average Bonchev–Trinajstić information content (AvgIpc) is 3.11. The number of hydrogen-bond donors (Lipinski definition) is 1. The lowest BCUT2D eigenvalue weighted by molar-refractivity contribution is -0.384. The Morgan fingerprint density at radius 3 is 2.81 bits per heavy atom. The van der Waals surface area contributed by atoms with Gasteiger partial charge in [0.2, 0.25) is 5.91 Å². The molecular weight excluding hydrogens is 334 g/mol. The molecular formula is C19H21N3O4. The molecule has 2 aromatic carbocycles. The molecule has 1 heterocycles. The molecule has 0 bridgehead atoms. The molecule has 1 saturated heterocycles. The van der Waals surface area contributed by atoms with Gasteiger partial charge in [0.25, 0.3) is 5.69 Å². The molecule has 1 fully saturated rings. The first-order chi connectivity index (χ1) is 12.5. The summed E-state index contributed by atoms with van der Waals surface area (Å²) in [6.07, 6.45) is 1.45. The van der Waals surface area contributed by atoms with Gasteiger partial charge < -0.3 is 15.0 Å². The van der Waals surface area contributed by atoms with Gasteiger partial charge in [-0.15, -0.1) is 0 Å². The van der Waals surface area contributed by atoms with E-state index in [0.29, 0.717) is 30.1 Å². The van der Waals surface area contributed by atoms with Crippen molar-refractivity contribution in [2.24, 2.45) is 0 Å². The maximum absolute atomic E-state index is 12.9. The maximum Gasteiger partial charge on any atom is 0.292 e. The lowest BCUT2D eigenvalue weighted by Crippen LogP contribution is -2.40. The summed E-state index contributed by atoms with van der Waals surface area (Å²) in [7, 11) is 1.55. The van der Waals surface area contributed by atoms with Crippen LogP contribution in [0.4, 0.5) is 17.1 Å². The summed E-state index contributed by atoms with van der Waals surface area (Å²) in [4.78, 5) is 25.6. The second kappa shape index (κ2) is 7.43. The summed E-state index contributed by atoms with van der Waals surface area (Å²) < 4.78 is 5.31. The molecule has 1 N–H and O–H groups in total. The number of aryl methyl sites for hydroxylation is 1. The van der Waals surface area contributed by atoms with Crippen molar-refractivity contribution in [1.82, 2.24) is 0 Å². The molecule has 0 radical (unpaired) electrons. The Kier molecular flexibility index (Phi) is 5.06. The lowest BCUT2D eigenvalue weighted by atomic mass is 10.1. The summed E-state index contributed by atoms with van der Waals surface area (Å²) in [5.41, 5.74) is 2.10. The van der Waals surface area contributed by atoms with E-state index in [-0.39, 0.29) is 11.6 Å². The molecule has 1 atom stereocenters. The van der Waals surface area contributed by atoms with Gasteiger partial charge in [-0.2, -0.15) is 0 Å². The van der Waals surface area contributed by atoms with Gasteiger partial charge in [-0.1, -0.05) is 18.2 Å². The van der Waals surface area contributed by atoms with Crippen LogP contribution in [0.25, 0.3) is 0 Å². The maximum atomic E-state index is 12.9. The number of methoxy groups -OCH3 is 1. The molecule has 7 nitrogen and oxygen atoms in total. The normalized spacial score (nSPS) is 16.4. The molecule has 26 heavy (non-hydrogen) atoms. The van der Waals surface area contributed by atoms with Gasteiger partial charge in [-0.25, -0.2) is 0 Å². The van der Waals surface area contributed by atoms with E-state index in [1.54, 1.807) is 31.4 Å². The molecule has 0 spiro atoms. The van der Waals surface area contributed by atoms with E-state index in [4.69, 9.17) is 4.74 Å². The highest BCUT2D eigenvalue weighted by Gasteiger charge is 2.34. The number of ether oxygens (including phenoxy) is 1. The van der Waals surface area contributed by atoms with Crippen LogP contribution in [-0.2, 0) is 4.79 Å². The number of amides is 1. The van der Waals surface area contributed by atoms with Gasteiger partial charge in [0.15, 0.2) is 0 Å². The first-order valence-electron chi connectivity index (χ1n) is 8.47. The molecule has 1 aliphatic heterocycles. The van der Waals surface area contributed by atoms with E-state index < -0.39 is 11.0 Å². The highest BCUT2D eigenvalue weighted by molar-refractivity contribution is 5.98. The van der Waals surface area contributed by atoms with Crippen molar-refractivity contribution >= 4 is 23.0 Å². The molecule has 1 amide bonds. The summed E-state index contributed by atoms with van der Waals surface area (Å²) in [6, 6.07) is 11.6. The smallest absolute Gasteiger partial charge is 0.292 e. The molecule has 3 rings (SSSR count). The summed E-state index contributed by atoms with van der Waals surface area (Å²) in [5.74, 6) is 0.392. The first kappa shape index (κ1) is 17.7. The zero-order chi connectivity index (χ0) is 18.7. The van der Waals surface area contributed by atoms with Crippen LogP contribution < -0.4 is 15.0 Å². The number of hydrogen-bond acceptors (Lipinski definition) is 5. The number of rotatable bonds is 5. The van der Waals surface area contributed by atoms with Crippen molar-refractivity contribution in [1.29, 1.82) is 0 Å². The first-order valence-corrected chi connectivity index (χ1v) is 8.47. The minimum atomic E-state index is -0.457. The Morgan fingerprint density at radius 2 is 2.08 bits per heavy atom. The summed E-state index contributed by atoms with van der Waals surface area (Å²) in [6.45, 7) is 2.54. The zero-order valence-corrected chi connectivity index (χ0v) is 14.8. The highest BCUT2D eigenvalue weighted by atomic mass is 16.6. The van der Waals surface area contributed by atoms with Crippen LogP contribution in [0, 0.1) is 17.0 Å². The average molecular weight is 355 g/mol. The number of benzene rings is 2. The van der Waals surface area contributed by atoms with Crippen LogP contribution in [0.3, 0.4) is 0 Å². The van der Waals surface area contributed by atoms with Gasteiger partial charge in [0.1, 0.15) is 17.5 Å². The number of carbonyl (C=O) groups is 1. The third-order valence-electron chi connectivity index (χ3n) is 4.56. The van der Waals surface area contributed by atoms with Gasteiger partial charge >= 0.3 is 0 Å². The predicted molar refractivity (Wildman–Crippen MR) is 99.8 cm³/mol. The second-order valence-electron chi connectivity index (χ2n) is 6.29. The van der Waals surface area contributed by atoms with Crippen molar-refractivity contribution in [3.05, 3.63) is 58.1 Å². The van der Waals surface area contributed by atoms with Crippen LogP contribution in [0.2, 0.25) is 0 Å². The Morgan fingerprint density at radius 1 is 1.31 bits per heavy atom.